The van der Waals surface area contributed by atoms with Crippen molar-refractivity contribution >= 4 is 26.8 Å². The van der Waals surface area contributed by atoms with Crippen molar-refractivity contribution in [1.29, 1.82) is 0 Å². The van der Waals surface area contributed by atoms with Gasteiger partial charge in [-0.1, -0.05) is 39.5 Å². The zero-order valence-corrected chi connectivity index (χ0v) is 22.7. The Morgan fingerprint density at radius 1 is 1.32 bits per heavy atom. The maximum Gasteiger partial charge on any atom is 0.410 e. The van der Waals surface area contributed by atoms with Crippen LogP contribution in [0.2, 0.25) is 13.1 Å². The molecule has 1 N–H and O–H groups in total. The van der Waals surface area contributed by atoms with Crippen molar-refractivity contribution in [3.8, 4) is 0 Å². The van der Waals surface area contributed by atoms with Crippen LogP contribution < -0.4 is 5.32 Å². The Morgan fingerprint density at radius 3 is 2.53 bits per heavy atom. The second-order valence-electron chi connectivity index (χ2n) is 10.5. The third-order valence-electron chi connectivity index (χ3n) is 6.65. The summed E-state index contributed by atoms with van der Waals surface area (Å²) in [6, 6.07) is -0.507. The number of carbonyl (C=O) groups is 3. The van der Waals surface area contributed by atoms with Gasteiger partial charge in [0.25, 0.3) is 0 Å². The molecule has 8 nitrogen and oxygen atoms in total. The van der Waals surface area contributed by atoms with E-state index < -0.39 is 15.1 Å². The molecule has 9 heteroatoms. The molecular weight excluding hydrogens is 452 g/mol. The summed E-state index contributed by atoms with van der Waals surface area (Å²) in [5, 5.41) is 2.93. The molecule has 0 saturated carbocycles. The highest BCUT2D eigenvalue weighted by atomic mass is 28.3. The van der Waals surface area contributed by atoms with Gasteiger partial charge in [-0.2, -0.15) is 0 Å². The second kappa shape index (κ2) is 12.1. The molecule has 0 aromatic carbocycles. The zero-order valence-electron chi connectivity index (χ0n) is 21.7. The average molecular weight is 494 g/mol. The molecule has 2 saturated heterocycles. The fourth-order valence-electron chi connectivity index (χ4n) is 4.57. The first-order valence-corrected chi connectivity index (χ1v) is 14.3. The number of allylic oxidation sites excluding steroid dienone is 1. The summed E-state index contributed by atoms with van der Waals surface area (Å²) >= 11 is 0. The Hall–Kier alpha value is -1.97. The van der Waals surface area contributed by atoms with Gasteiger partial charge < -0.3 is 19.2 Å². The number of Topliss-reactive ketones (excluding diaryl/α,β-unsaturated/α-hetero) is 1. The van der Waals surface area contributed by atoms with Gasteiger partial charge in [0.15, 0.2) is 5.78 Å². The minimum atomic E-state index is -0.880. The highest BCUT2D eigenvalue weighted by Crippen LogP contribution is 2.39. The van der Waals surface area contributed by atoms with Crippen LogP contribution in [0.1, 0.15) is 40.5 Å². The van der Waals surface area contributed by atoms with Gasteiger partial charge >= 0.3 is 6.09 Å². The highest BCUT2D eigenvalue weighted by Gasteiger charge is 2.49. The van der Waals surface area contributed by atoms with Crippen molar-refractivity contribution in [2.45, 2.75) is 71.8 Å². The molecule has 191 valence electrons. The van der Waals surface area contributed by atoms with E-state index in [9.17, 15) is 14.4 Å². The van der Waals surface area contributed by atoms with Gasteiger partial charge in [-0.05, 0) is 43.3 Å². The van der Waals surface area contributed by atoms with Gasteiger partial charge in [0.1, 0.15) is 6.61 Å². The lowest BCUT2D eigenvalue weighted by atomic mass is 9.66. The number of hydrogen-bond acceptors (Lipinski definition) is 6. The Balaban J connectivity index is 2.10. The fourth-order valence-corrected chi connectivity index (χ4v) is 5.08. The number of ketones is 1. The van der Waals surface area contributed by atoms with Crippen LogP contribution in [0.15, 0.2) is 24.3 Å². The van der Waals surface area contributed by atoms with Crippen molar-refractivity contribution in [1.82, 2.24) is 10.2 Å². The van der Waals surface area contributed by atoms with E-state index in [0.29, 0.717) is 25.1 Å². The standard InChI is InChI=1S/C25H41N2O6Si/c1-9-10-32-24(30)27-14-18(31-6)12-17(27)11-16(2)21(28)13-20-22(23(29)26-20)19(25(3,4)5)15-33-34(7)8/h9,11,17-20,22H,1,10,12-15H2,2-8H3,(H,26,29)/t17-,18+,19-,20-,22+/m1/s1. The molecule has 34 heavy (non-hydrogen) atoms. The third-order valence-corrected chi connectivity index (χ3v) is 7.39. The van der Waals surface area contributed by atoms with Gasteiger partial charge in [0.05, 0.1) is 24.6 Å². The van der Waals surface area contributed by atoms with Gasteiger partial charge in [0.2, 0.25) is 14.9 Å². The molecule has 2 amide bonds. The molecule has 0 aromatic heterocycles. The van der Waals surface area contributed by atoms with Crippen molar-refractivity contribution in [2.75, 3.05) is 26.9 Å². The number of hydrogen-bond donors (Lipinski definition) is 1. The van der Waals surface area contributed by atoms with Crippen molar-refractivity contribution < 1.29 is 28.3 Å². The molecular formula is C25H41N2O6Si. The third kappa shape index (κ3) is 7.26. The molecule has 2 aliphatic heterocycles. The van der Waals surface area contributed by atoms with Crippen LogP contribution in [0.5, 0.6) is 0 Å². The van der Waals surface area contributed by atoms with Crippen molar-refractivity contribution in [3.63, 3.8) is 0 Å². The zero-order chi connectivity index (χ0) is 25.6. The molecule has 0 spiro atoms. The summed E-state index contributed by atoms with van der Waals surface area (Å²) in [5.41, 5.74) is 0.441. The predicted octanol–water partition coefficient (Wildman–Crippen LogP) is 3.35. The maximum atomic E-state index is 13.1. The SMILES string of the molecule is C=CCOC(=O)N1C[C@@H](OC)C[C@H]1C=C(C)C(=O)C[C@H]1NC(=O)[C@H]1[C@@H](CO[Si](C)C)C(C)(C)C. The second-order valence-corrected chi connectivity index (χ2v) is 12.6. The number of amides is 2. The largest absolute Gasteiger partial charge is 0.445 e. The van der Waals surface area contributed by atoms with Gasteiger partial charge in [0, 0.05) is 26.2 Å². The number of nitrogens with one attached hydrogen (secondary N) is 1. The number of ether oxygens (including phenoxy) is 2. The van der Waals surface area contributed by atoms with E-state index in [1.54, 1.807) is 18.9 Å². The molecule has 0 bridgehead atoms. The van der Waals surface area contributed by atoms with Crippen LogP contribution in [0.3, 0.4) is 0 Å². The first kappa shape index (κ1) is 28.3. The van der Waals surface area contributed by atoms with Crippen molar-refractivity contribution in [3.05, 3.63) is 24.3 Å². The number of rotatable bonds is 11. The first-order valence-electron chi connectivity index (χ1n) is 11.9. The van der Waals surface area contributed by atoms with Crippen LogP contribution in [-0.2, 0) is 23.5 Å². The highest BCUT2D eigenvalue weighted by molar-refractivity contribution is 6.48. The summed E-state index contributed by atoms with van der Waals surface area (Å²) in [5.74, 6) is -0.290. The van der Waals surface area contributed by atoms with E-state index in [0.717, 1.165) is 0 Å². The van der Waals surface area contributed by atoms with E-state index in [4.69, 9.17) is 13.9 Å². The Labute approximate surface area is 205 Å². The topological polar surface area (TPSA) is 94.2 Å². The summed E-state index contributed by atoms with van der Waals surface area (Å²) in [7, 11) is 0.729. The molecule has 2 heterocycles. The van der Waals surface area contributed by atoms with Gasteiger partial charge in [-0.25, -0.2) is 4.79 Å². The van der Waals surface area contributed by atoms with E-state index in [1.165, 1.54) is 6.08 Å². The maximum absolute atomic E-state index is 13.1. The van der Waals surface area contributed by atoms with E-state index in [1.807, 2.05) is 6.08 Å². The smallest absolute Gasteiger partial charge is 0.410 e. The van der Waals surface area contributed by atoms with Gasteiger partial charge in [-0.3, -0.25) is 14.5 Å². The lowest BCUT2D eigenvalue weighted by molar-refractivity contribution is -0.143. The van der Waals surface area contributed by atoms with Crippen LogP contribution in [-0.4, -0.2) is 76.8 Å². The Bertz CT molecular complexity index is 791. The van der Waals surface area contributed by atoms with Crippen molar-refractivity contribution in [2.24, 2.45) is 17.3 Å². The Morgan fingerprint density at radius 2 is 2.00 bits per heavy atom. The number of nitrogens with zero attached hydrogens (tertiary/aromatic N) is 1. The minimum absolute atomic E-state index is 0.0150. The molecule has 0 aromatic rings. The molecule has 0 unspecified atom stereocenters. The summed E-state index contributed by atoms with van der Waals surface area (Å²) in [6.07, 6.45) is 3.58. The number of methoxy groups -OCH3 is 1. The number of β-lactam (4-membered cyclic amide) rings is 1. The normalized spacial score (nSPS) is 26.2. The molecule has 5 atom stereocenters. The monoisotopic (exact) mass is 493 g/mol. The van der Waals surface area contributed by atoms with Crippen LogP contribution in [0, 0.1) is 17.3 Å². The van der Waals surface area contributed by atoms with E-state index >= 15 is 0 Å². The quantitative estimate of drug-likeness (QED) is 0.205. The van der Waals surface area contributed by atoms with Crippen LogP contribution in [0.25, 0.3) is 0 Å². The molecule has 2 rings (SSSR count). The lowest BCUT2D eigenvalue weighted by Gasteiger charge is -2.46. The molecule has 2 aliphatic rings. The summed E-state index contributed by atoms with van der Waals surface area (Å²) in [4.78, 5) is 39.6. The van der Waals surface area contributed by atoms with E-state index in [-0.39, 0.29) is 60.2 Å². The molecule has 1 radical (unpaired) electrons. The molecule has 2 fully saturated rings. The molecule has 0 aliphatic carbocycles. The number of likely N-dealkylation sites (tertiary alicyclic amines) is 1. The summed E-state index contributed by atoms with van der Waals surface area (Å²) in [6.45, 7) is 16.9. The summed E-state index contributed by atoms with van der Waals surface area (Å²) < 4.78 is 16.6. The fraction of sp³-hybridized carbons (Fsp3) is 0.720. The number of carbonyl (C=O) groups excluding carboxylic acids is 3. The average Bonchev–Trinajstić information content (AvgIpc) is 3.16. The first-order chi connectivity index (χ1) is 15.9. The minimum Gasteiger partial charge on any atom is -0.445 e. The Kier molecular flexibility index (Phi) is 10.1. The van der Waals surface area contributed by atoms with Crippen LogP contribution >= 0.6 is 0 Å². The van der Waals surface area contributed by atoms with Crippen LogP contribution in [0.4, 0.5) is 4.79 Å². The van der Waals surface area contributed by atoms with Gasteiger partial charge in [-0.15, -0.1) is 0 Å². The lowest BCUT2D eigenvalue weighted by Crippen LogP contribution is -2.63. The predicted molar refractivity (Wildman–Crippen MR) is 133 cm³/mol. The van der Waals surface area contributed by atoms with E-state index in [2.05, 4.69) is 45.8 Å².